The fourth-order valence-corrected chi connectivity index (χ4v) is 6.34. The van der Waals surface area contributed by atoms with Crippen molar-refractivity contribution in [2.75, 3.05) is 6.61 Å². The fraction of sp³-hybridized carbons (Fsp3) is 0.360. The minimum atomic E-state index is -0.680. The number of aromatic nitrogens is 3. The van der Waals surface area contributed by atoms with Gasteiger partial charge in [0, 0.05) is 28.8 Å². The molecular formula is C25H24FN5OS. The first-order valence-electron chi connectivity index (χ1n) is 10.9. The summed E-state index contributed by atoms with van der Waals surface area (Å²) >= 11 is 1.64. The van der Waals surface area contributed by atoms with Crippen molar-refractivity contribution < 1.29 is 9.13 Å². The second-order valence-electron chi connectivity index (χ2n) is 8.69. The van der Waals surface area contributed by atoms with Gasteiger partial charge in [-0.2, -0.15) is 0 Å². The van der Waals surface area contributed by atoms with Gasteiger partial charge < -0.3 is 10.5 Å². The first-order chi connectivity index (χ1) is 15.9. The summed E-state index contributed by atoms with van der Waals surface area (Å²) in [6.07, 6.45) is 10.9. The third-order valence-electron chi connectivity index (χ3n) is 6.72. The smallest absolute Gasteiger partial charge is 0.233 e. The van der Waals surface area contributed by atoms with E-state index in [9.17, 15) is 0 Å². The molecule has 8 heteroatoms. The number of aliphatic imine (C=N–C) groups is 1. The number of nitrogens with two attached hydrogens (primary N) is 1. The van der Waals surface area contributed by atoms with Crippen molar-refractivity contribution in [3.63, 3.8) is 0 Å². The third kappa shape index (κ3) is 3.70. The zero-order valence-electron chi connectivity index (χ0n) is 18.5. The lowest BCUT2D eigenvalue weighted by molar-refractivity contribution is 0.355. The summed E-state index contributed by atoms with van der Waals surface area (Å²) in [5.74, 6) is 2.78. The molecule has 0 radical (unpaired) electrons. The molecule has 0 bridgehead atoms. The van der Waals surface area contributed by atoms with Crippen LogP contribution in [0.15, 0.2) is 41.7 Å². The predicted molar refractivity (Wildman–Crippen MR) is 129 cm³/mol. The van der Waals surface area contributed by atoms with Crippen molar-refractivity contribution in [3.8, 4) is 18.2 Å². The number of halogens is 1. The van der Waals surface area contributed by atoms with E-state index < -0.39 is 5.54 Å². The summed E-state index contributed by atoms with van der Waals surface area (Å²) in [7, 11) is 0. The maximum absolute atomic E-state index is 15.1. The van der Waals surface area contributed by atoms with Crippen LogP contribution >= 0.6 is 11.8 Å². The Bertz CT molecular complexity index is 1320. The molecule has 1 aliphatic carbocycles. The highest BCUT2D eigenvalue weighted by molar-refractivity contribution is 8.15. The van der Waals surface area contributed by atoms with Crippen molar-refractivity contribution in [2.24, 2.45) is 16.6 Å². The Morgan fingerprint density at radius 3 is 2.97 bits per heavy atom. The van der Waals surface area contributed by atoms with E-state index in [-0.39, 0.29) is 23.1 Å². The molecule has 0 amide bonds. The van der Waals surface area contributed by atoms with Gasteiger partial charge in [-0.05, 0) is 37.5 Å². The number of pyridine rings is 1. The van der Waals surface area contributed by atoms with E-state index in [4.69, 9.17) is 21.9 Å². The van der Waals surface area contributed by atoms with Gasteiger partial charge >= 0.3 is 0 Å². The van der Waals surface area contributed by atoms with E-state index in [1.165, 1.54) is 12.3 Å². The second kappa shape index (κ2) is 7.99. The number of thioether (sulfide) groups is 1. The highest BCUT2D eigenvalue weighted by Crippen LogP contribution is 2.67. The van der Waals surface area contributed by atoms with Gasteiger partial charge in [0.15, 0.2) is 11.8 Å². The minimum Gasteiger partial charge on any atom is -0.463 e. The number of nitrogens with zero attached hydrogens (tertiary/aromatic N) is 4. The molecule has 2 N–H and O–H groups in total. The van der Waals surface area contributed by atoms with Gasteiger partial charge in [-0.15, -0.1) is 6.42 Å². The van der Waals surface area contributed by atoms with Crippen LogP contribution in [0.25, 0.3) is 11.0 Å². The van der Waals surface area contributed by atoms with Gasteiger partial charge in [-0.25, -0.2) is 14.4 Å². The molecule has 5 rings (SSSR count). The lowest BCUT2D eigenvalue weighted by atomic mass is 9.84. The fourth-order valence-electron chi connectivity index (χ4n) is 4.92. The van der Waals surface area contributed by atoms with Gasteiger partial charge in [0.2, 0.25) is 5.88 Å². The first kappa shape index (κ1) is 21.7. The van der Waals surface area contributed by atoms with Crippen molar-refractivity contribution in [2.45, 2.75) is 43.4 Å². The Kier molecular flexibility index (Phi) is 5.25. The Morgan fingerprint density at radius 1 is 1.33 bits per heavy atom. The molecule has 3 atom stereocenters. The zero-order chi connectivity index (χ0) is 23.2. The van der Waals surface area contributed by atoms with Crippen LogP contribution in [0.3, 0.4) is 0 Å². The molecule has 0 saturated heterocycles. The molecule has 1 fully saturated rings. The molecule has 0 unspecified atom stereocenters. The van der Waals surface area contributed by atoms with Crippen LogP contribution in [0, 0.1) is 24.1 Å². The number of hydrogen-bond acceptors (Lipinski definition) is 7. The molecule has 1 aliphatic heterocycles. The second-order valence-corrected chi connectivity index (χ2v) is 10.1. The predicted octanol–water partition coefficient (Wildman–Crippen LogP) is 4.21. The van der Waals surface area contributed by atoms with Crippen LogP contribution in [0.2, 0.25) is 0 Å². The SMILES string of the molecule is C#CCOc1cnc2c(Cc3ccc(F)c([C@@]4(C)N=C(N)S[C@@]5(CC)C[C@H]54)c3)nccc2n1. The van der Waals surface area contributed by atoms with Crippen molar-refractivity contribution >= 4 is 28.0 Å². The Hall–Kier alpha value is -3.18. The molecule has 2 aliphatic rings. The Labute approximate surface area is 196 Å². The molecule has 33 heavy (non-hydrogen) atoms. The van der Waals surface area contributed by atoms with Crippen molar-refractivity contribution in [3.05, 3.63) is 59.3 Å². The van der Waals surface area contributed by atoms with Crippen molar-refractivity contribution in [1.82, 2.24) is 15.0 Å². The van der Waals surface area contributed by atoms with Gasteiger partial charge in [0.1, 0.15) is 11.3 Å². The number of ether oxygens (including phenoxy) is 1. The number of amidine groups is 1. The summed E-state index contributed by atoms with van der Waals surface area (Å²) in [6.45, 7) is 4.29. The molecule has 0 spiro atoms. The molecule has 3 heterocycles. The minimum absolute atomic E-state index is 0.0645. The van der Waals surface area contributed by atoms with Crippen LogP contribution in [0.1, 0.15) is 43.5 Å². The number of benzene rings is 1. The van der Waals surface area contributed by atoms with Crippen LogP contribution in [-0.2, 0) is 12.0 Å². The molecule has 6 nitrogen and oxygen atoms in total. The van der Waals surface area contributed by atoms with Gasteiger partial charge in [-0.3, -0.25) is 9.98 Å². The number of hydrogen-bond donors (Lipinski definition) is 1. The van der Waals surface area contributed by atoms with Gasteiger partial charge in [0.05, 0.1) is 22.9 Å². The summed E-state index contributed by atoms with van der Waals surface area (Å²) in [4.78, 5) is 18.2. The van der Waals surface area contributed by atoms with Crippen LogP contribution in [0.5, 0.6) is 5.88 Å². The normalized spacial score (nSPS) is 25.8. The molecule has 2 aromatic heterocycles. The Balaban J connectivity index is 1.49. The molecule has 3 aromatic rings. The summed E-state index contributed by atoms with van der Waals surface area (Å²) in [5, 5.41) is 0.534. The maximum Gasteiger partial charge on any atom is 0.233 e. The quantitative estimate of drug-likeness (QED) is 0.554. The third-order valence-corrected chi connectivity index (χ3v) is 8.16. The first-order valence-corrected chi connectivity index (χ1v) is 11.7. The zero-order valence-corrected chi connectivity index (χ0v) is 19.3. The Morgan fingerprint density at radius 2 is 2.18 bits per heavy atom. The molecule has 1 saturated carbocycles. The maximum atomic E-state index is 15.1. The average Bonchev–Trinajstić information content (AvgIpc) is 3.55. The van der Waals surface area contributed by atoms with E-state index in [1.807, 2.05) is 13.0 Å². The van der Waals surface area contributed by atoms with E-state index in [0.717, 1.165) is 24.1 Å². The highest BCUT2D eigenvalue weighted by atomic mass is 32.2. The monoisotopic (exact) mass is 461 g/mol. The van der Waals surface area contributed by atoms with E-state index in [0.29, 0.717) is 34.1 Å². The lowest BCUT2D eigenvalue weighted by Gasteiger charge is -2.34. The molecular weight excluding hydrogens is 437 g/mol. The van der Waals surface area contributed by atoms with E-state index in [2.05, 4.69) is 27.8 Å². The topological polar surface area (TPSA) is 86.3 Å². The largest absolute Gasteiger partial charge is 0.463 e. The van der Waals surface area contributed by atoms with Crippen LogP contribution in [-0.4, -0.2) is 31.5 Å². The molecule has 168 valence electrons. The highest BCUT2D eigenvalue weighted by Gasteiger charge is 2.65. The van der Waals surface area contributed by atoms with Gasteiger partial charge in [-0.1, -0.05) is 36.7 Å². The average molecular weight is 462 g/mol. The number of rotatable bonds is 6. The number of fused-ring (bicyclic) bond motifs is 2. The summed E-state index contributed by atoms with van der Waals surface area (Å²) in [6, 6.07) is 6.98. The summed E-state index contributed by atoms with van der Waals surface area (Å²) in [5.41, 5.74) is 9.11. The van der Waals surface area contributed by atoms with Gasteiger partial charge in [0.25, 0.3) is 0 Å². The van der Waals surface area contributed by atoms with Crippen LogP contribution in [0.4, 0.5) is 4.39 Å². The lowest BCUT2D eigenvalue weighted by Crippen LogP contribution is -2.35. The van der Waals surface area contributed by atoms with E-state index in [1.54, 1.807) is 30.1 Å². The molecule has 1 aromatic carbocycles. The van der Waals surface area contributed by atoms with Crippen molar-refractivity contribution in [1.29, 1.82) is 0 Å². The standard InChI is InChI=1S/C25H24FN5OS/c1-4-10-32-21-14-29-22-18(30-21)8-9-28-19(22)12-15-6-7-17(26)16(11-15)24(3)20-13-25(20,5-2)33-23(27)31-24/h1,6-9,11,14,20H,5,10,12-13H2,2-3H3,(H2,27,31)/t20-,24+,25-/m0/s1. The van der Waals surface area contributed by atoms with Crippen LogP contribution < -0.4 is 10.5 Å². The summed E-state index contributed by atoms with van der Waals surface area (Å²) < 4.78 is 20.5. The van der Waals surface area contributed by atoms with E-state index >= 15 is 4.39 Å². The number of terminal acetylenes is 1.